The molecule has 1 aromatic carbocycles. The van der Waals surface area contributed by atoms with Crippen LogP contribution < -0.4 is 5.73 Å². The molecule has 84 valence electrons. The normalized spacial score (nSPS) is 11.8. The van der Waals surface area contributed by atoms with Crippen LogP contribution in [-0.4, -0.2) is 6.54 Å². The molecule has 0 radical (unpaired) electrons. The minimum atomic E-state index is 0.170. The topological polar surface area (TPSA) is 26.0 Å². The molecule has 0 fully saturated rings. The molecule has 0 atom stereocenters. The molecule has 1 aromatic rings. The first-order valence-electron chi connectivity index (χ1n) is 5.08. The van der Waals surface area contributed by atoms with E-state index < -0.39 is 0 Å². The fourth-order valence-corrected chi connectivity index (χ4v) is 2.05. The van der Waals surface area contributed by atoms with E-state index in [4.69, 9.17) is 28.9 Å². The largest absolute Gasteiger partial charge is 0.330 e. The molecule has 3 heteroatoms. The fourth-order valence-electron chi connectivity index (χ4n) is 1.67. The Kier molecular flexibility index (Phi) is 4.45. The van der Waals surface area contributed by atoms with Gasteiger partial charge in [0.1, 0.15) is 0 Å². The Bertz CT molecular complexity index is 334. The minimum absolute atomic E-state index is 0.170. The van der Waals surface area contributed by atoms with Gasteiger partial charge in [0, 0.05) is 10.0 Å². The zero-order chi connectivity index (χ0) is 11.5. The van der Waals surface area contributed by atoms with E-state index >= 15 is 0 Å². The van der Waals surface area contributed by atoms with Crippen molar-refractivity contribution < 1.29 is 0 Å². The van der Waals surface area contributed by atoms with Crippen molar-refractivity contribution in [3.8, 4) is 0 Å². The third-order valence-electron chi connectivity index (χ3n) is 2.50. The van der Waals surface area contributed by atoms with E-state index in [1.54, 1.807) is 0 Å². The van der Waals surface area contributed by atoms with E-state index in [9.17, 15) is 0 Å². The van der Waals surface area contributed by atoms with Crippen molar-refractivity contribution in [1.29, 1.82) is 0 Å². The van der Waals surface area contributed by atoms with Gasteiger partial charge in [0.05, 0.1) is 0 Å². The highest BCUT2D eigenvalue weighted by Gasteiger charge is 2.18. The Labute approximate surface area is 102 Å². The summed E-state index contributed by atoms with van der Waals surface area (Å²) in [7, 11) is 0. The van der Waals surface area contributed by atoms with Crippen LogP contribution in [0, 0.1) is 5.41 Å². The van der Waals surface area contributed by atoms with Crippen molar-refractivity contribution in [2.75, 3.05) is 6.54 Å². The molecular weight excluding hydrogens is 229 g/mol. The van der Waals surface area contributed by atoms with Crippen LogP contribution in [0.4, 0.5) is 0 Å². The second kappa shape index (κ2) is 5.20. The molecule has 0 aliphatic rings. The van der Waals surface area contributed by atoms with E-state index in [0.29, 0.717) is 6.54 Å². The summed E-state index contributed by atoms with van der Waals surface area (Å²) in [5.74, 6) is 0. The van der Waals surface area contributed by atoms with E-state index in [-0.39, 0.29) is 5.41 Å². The van der Waals surface area contributed by atoms with Gasteiger partial charge < -0.3 is 5.73 Å². The summed E-state index contributed by atoms with van der Waals surface area (Å²) in [6.45, 7) is 5.08. The Balaban J connectivity index is 2.83. The lowest BCUT2D eigenvalue weighted by atomic mass is 9.83. The maximum atomic E-state index is 6.11. The van der Waals surface area contributed by atoms with Gasteiger partial charge in [-0.1, -0.05) is 37.0 Å². The van der Waals surface area contributed by atoms with Gasteiger partial charge >= 0.3 is 0 Å². The zero-order valence-corrected chi connectivity index (χ0v) is 10.7. The van der Waals surface area contributed by atoms with Crippen molar-refractivity contribution in [1.82, 2.24) is 0 Å². The smallest absolute Gasteiger partial charge is 0.0439 e. The van der Waals surface area contributed by atoms with Gasteiger partial charge in [0.15, 0.2) is 0 Å². The maximum absolute atomic E-state index is 6.11. The molecule has 0 amide bonds. The zero-order valence-electron chi connectivity index (χ0n) is 9.19. The summed E-state index contributed by atoms with van der Waals surface area (Å²) in [5, 5.41) is 1.52. The Morgan fingerprint density at radius 3 is 2.53 bits per heavy atom. The van der Waals surface area contributed by atoms with Crippen LogP contribution in [0.1, 0.15) is 25.8 Å². The van der Waals surface area contributed by atoms with Crippen LogP contribution >= 0.6 is 23.2 Å². The standard InChI is InChI=1S/C12H17Cl2N/c1-12(2,5-6-15)8-9-7-10(13)3-4-11(9)14/h3-4,7H,5-6,8,15H2,1-2H3. The summed E-state index contributed by atoms with van der Waals surface area (Å²) >= 11 is 12.1. The van der Waals surface area contributed by atoms with E-state index in [0.717, 1.165) is 28.5 Å². The molecule has 1 rings (SSSR count). The van der Waals surface area contributed by atoms with Crippen molar-refractivity contribution in [3.05, 3.63) is 33.8 Å². The highest BCUT2D eigenvalue weighted by molar-refractivity contribution is 6.33. The first kappa shape index (κ1) is 12.8. The summed E-state index contributed by atoms with van der Waals surface area (Å²) in [6.07, 6.45) is 1.89. The van der Waals surface area contributed by atoms with Crippen molar-refractivity contribution in [3.63, 3.8) is 0 Å². The number of nitrogens with two attached hydrogens (primary N) is 1. The Morgan fingerprint density at radius 2 is 1.93 bits per heavy atom. The molecule has 0 saturated heterocycles. The molecule has 0 unspecified atom stereocenters. The highest BCUT2D eigenvalue weighted by Crippen LogP contribution is 2.30. The molecule has 0 heterocycles. The predicted molar refractivity (Wildman–Crippen MR) is 67.6 cm³/mol. The number of rotatable bonds is 4. The van der Waals surface area contributed by atoms with E-state index in [1.807, 2.05) is 18.2 Å². The van der Waals surface area contributed by atoms with Gasteiger partial charge in [-0.2, -0.15) is 0 Å². The third kappa shape index (κ3) is 4.02. The molecule has 0 aliphatic carbocycles. The summed E-state index contributed by atoms with van der Waals surface area (Å²) in [6, 6.07) is 5.59. The summed E-state index contributed by atoms with van der Waals surface area (Å²) < 4.78 is 0. The second-order valence-electron chi connectivity index (χ2n) is 4.62. The lowest BCUT2D eigenvalue weighted by Gasteiger charge is -2.24. The fraction of sp³-hybridized carbons (Fsp3) is 0.500. The van der Waals surface area contributed by atoms with Gasteiger partial charge in [-0.25, -0.2) is 0 Å². The molecule has 0 spiro atoms. The van der Waals surface area contributed by atoms with Crippen LogP contribution in [0.25, 0.3) is 0 Å². The number of hydrogen-bond acceptors (Lipinski definition) is 1. The Morgan fingerprint density at radius 1 is 1.27 bits per heavy atom. The molecule has 1 nitrogen and oxygen atoms in total. The third-order valence-corrected chi connectivity index (χ3v) is 3.10. The molecule has 2 N–H and O–H groups in total. The Hall–Kier alpha value is -0.240. The second-order valence-corrected chi connectivity index (χ2v) is 5.46. The molecular formula is C12H17Cl2N. The molecule has 0 saturated carbocycles. The van der Waals surface area contributed by atoms with Crippen molar-refractivity contribution >= 4 is 23.2 Å². The first-order valence-corrected chi connectivity index (χ1v) is 5.84. The molecule has 15 heavy (non-hydrogen) atoms. The lowest BCUT2D eigenvalue weighted by molar-refractivity contribution is 0.339. The van der Waals surface area contributed by atoms with Gasteiger partial charge in [-0.3, -0.25) is 0 Å². The van der Waals surface area contributed by atoms with Crippen LogP contribution in [0.15, 0.2) is 18.2 Å². The monoisotopic (exact) mass is 245 g/mol. The summed E-state index contributed by atoms with van der Waals surface area (Å²) in [5.41, 5.74) is 6.85. The summed E-state index contributed by atoms with van der Waals surface area (Å²) in [4.78, 5) is 0. The van der Waals surface area contributed by atoms with Crippen LogP contribution in [0.3, 0.4) is 0 Å². The van der Waals surface area contributed by atoms with Crippen LogP contribution in [-0.2, 0) is 6.42 Å². The minimum Gasteiger partial charge on any atom is -0.330 e. The quantitative estimate of drug-likeness (QED) is 0.856. The van der Waals surface area contributed by atoms with Gasteiger partial charge in [-0.15, -0.1) is 0 Å². The predicted octanol–water partition coefficient (Wildman–Crippen LogP) is 3.91. The van der Waals surface area contributed by atoms with Crippen molar-refractivity contribution in [2.45, 2.75) is 26.7 Å². The molecule has 0 aromatic heterocycles. The van der Waals surface area contributed by atoms with Gasteiger partial charge in [-0.05, 0) is 48.6 Å². The number of benzene rings is 1. The molecule has 0 aliphatic heterocycles. The van der Waals surface area contributed by atoms with Crippen LogP contribution in [0.2, 0.25) is 10.0 Å². The average Bonchev–Trinajstić information content (AvgIpc) is 2.10. The van der Waals surface area contributed by atoms with E-state index in [2.05, 4.69) is 13.8 Å². The van der Waals surface area contributed by atoms with Crippen molar-refractivity contribution in [2.24, 2.45) is 11.1 Å². The lowest BCUT2D eigenvalue weighted by Crippen LogP contribution is -2.19. The first-order chi connectivity index (χ1) is 6.94. The average molecular weight is 246 g/mol. The number of halogens is 2. The highest BCUT2D eigenvalue weighted by atomic mass is 35.5. The maximum Gasteiger partial charge on any atom is 0.0439 e. The number of hydrogen-bond donors (Lipinski definition) is 1. The van der Waals surface area contributed by atoms with Gasteiger partial charge in [0.2, 0.25) is 0 Å². The van der Waals surface area contributed by atoms with E-state index in [1.165, 1.54) is 0 Å². The van der Waals surface area contributed by atoms with Crippen LogP contribution in [0.5, 0.6) is 0 Å². The SMILES string of the molecule is CC(C)(CCN)Cc1cc(Cl)ccc1Cl. The molecule has 0 bridgehead atoms. The van der Waals surface area contributed by atoms with Gasteiger partial charge in [0.25, 0.3) is 0 Å².